The van der Waals surface area contributed by atoms with Crippen LogP contribution >= 0.6 is 0 Å². The maximum Gasteiger partial charge on any atom is 0.187 e. The lowest BCUT2D eigenvalue weighted by Gasteiger charge is -2.46. The van der Waals surface area contributed by atoms with E-state index in [9.17, 15) is 35.7 Å². The molecule has 0 unspecified atom stereocenters. The summed E-state index contributed by atoms with van der Waals surface area (Å²) in [6.45, 7) is 5.09. The molecule has 12 nitrogen and oxygen atoms in total. The zero-order chi connectivity index (χ0) is 22.4. The molecular formula is C18H35NO11. The molecule has 30 heavy (non-hydrogen) atoms. The van der Waals surface area contributed by atoms with Crippen LogP contribution in [-0.4, -0.2) is 142 Å². The van der Waals surface area contributed by atoms with Gasteiger partial charge in [0.25, 0.3) is 0 Å². The second-order valence-electron chi connectivity index (χ2n) is 7.40. The maximum atomic E-state index is 10.7. The molecule has 0 saturated carbocycles. The highest BCUT2D eigenvalue weighted by Crippen LogP contribution is 2.29. The molecule has 2 saturated heterocycles. The first kappa shape index (κ1) is 25.8. The molecule has 12 heteroatoms. The van der Waals surface area contributed by atoms with Crippen molar-refractivity contribution in [3.05, 3.63) is 0 Å². The predicted octanol–water partition coefficient (Wildman–Crippen LogP) is -4.03. The molecule has 0 aromatic carbocycles. The molecule has 0 aromatic rings. The van der Waals surface area contributed by atoms with Gasteiger partial charge in [0.05, 0.1) is 19.8 Å². The Labute approximate surface area is 175 Å². The molecule has 0 aromatic heterocycles. The van der Waals surface area contributed by atoms with Crippen molar-refractivity contribution in [2.24, 2.45) is 0 Å². The summed E-state index contributed by atoms with van der Waals surface area (Å²) >= 11 is 0. The molecule has 2 rings (SSSR count). The van der Waals surface area contributed by atoms with E-state index in [4.69, 9.17) is 18.9 Å². The van der Waals surface area contributed by atoms with E-state index in [2.05, 4.69) is 4.90 Å². The van der Waals surface area contributed by atoms with Gasteiger partial charge in [-0.05, 0) is 13.1 Å². The van der Waals surface area contributed by atoms with Crippen molar-refractivity contribution >= 4 is 0 Å². The van der Waals surface area contributed by atoms with E-state index >= 15 is 0 Å². The van der Waals surface area contributed by atoms with Crippen LogP contribution in [0.4, 0.5) is 0 Å². The molecule has 2 fully saturated rings. The fourth-order valence-corrected chi connectivity index (χ4v) is 3.60. The Kier molecular flexibility index (Phi) is 10.3. The molecule has 0 bridgehead atoms. The summed E-state index contributed by atoms with van der Waals surface area (Å²) < 4.78 is 21.8. The topological polar surface area (TPSA) is 182 Å². The van der Waals surface area contributed by atoms with Crippen LogP contribution in [0.25, 0.3) is 0 Å². The molecular weight excluding hydrogens is 406 g/mol. The maximum absolute atomic E-state index is 10.7. The highest BCUT2D eigenvalue weighted by molar-refractivity contribution is 4.94. The zero-order valence-electron chi connectivity index (χ0n) is 17.2. The molecule has 2 aliphatic rings. The van der Waals surface area contributed by atoms with Gasteiger partial charge in [-0.25, -0.2) is 0 Å². The number of hydrogen-bond acceptors (Lipinski definition) is 12. The van der Waals surface area contributed by atoms with Gasteiger partial charge in [-0.3, -0.25) is 0 Å². The summed E-state index contributed by atoms with van der Waals surface area (Å²) in [6.07, 6.45) is -14.3. The third-order valence-electron chi connectivity index (χ3n) is 5.57. The number of likely N-dealkylation sites (N-methyl/N-ethyl adjacent to an activating group) is 1. The van der Waals surface area contributed by atoms with Crippen LogP contribution < -0.4 is 0 Å². The van der Waals surface area contributed by atoms with Crippen LogP contribution in [0.2, 0.25) is 0 Å². The van der Waals surface area contributed by atoms with E-state index in [1.54, 1.807) is 0 Å². The number of ether oxygens (including phenoxy) is 4. The van der Waals surface area contributed by atoms with Gasteiger partial charge in [-0.15, -0.1) is 0 Å². The summed E-state index contributed by atoms with van der Waals surface area (Å²) in [4.78, 5) is 2.08. The lowest BCUT2D eigenvalue weighted by atomic mass is 9.97. The standard InChI is InChI=1S/C18H35NO11/c1-3-19(4-2)5-6-27-16-14(25)15(10(8-21)28-17(16)26)30-18-13(24)12(23)11(22)9(7-20)29-18/h9-18,20-26H,3-8H2,1-2H3/t9-,10-,11-,12+,13-,14+,15-,16-,17+,18-/m1/s1. The fourth-order valence-electron chi connectivity index (χ4n) is 3.60. The number of aliphatic hydroxyl groups excluding tert-OH is 7. The van der Waals surface area contributed by atoms with Gasteiger partial charge < -0.3 is 59.6 Å². The Hall–Kier alpha value is -0.480. The Morgan fingerprint density at radius 2 is 1.40 bits per heavy atom. The van der Waals surface area contributed by atoms with E-state index in [0.717, 1.165) is 13.1 Å². The van der Waals surface area contributed by atoms with Gasteiger partial charge in [0.2, 0.25) is 0 Å². The summed E-state index contributed by atoms with van der Waals surface area (Å²) in [6, 6.07) is 0. The van der Waals surface area contributed by atoms with Gasteiger partial charge in [-0.1, -0.05) is 13.8 Å². The van der Waals surface area contributed by atoms with Crippen molar-refractivity contribution in [1.82, 2.24) is 4.90 Å². The van der Waals surface area contributed by atoms with Crippen molar-refractivity contribution in [3.63, 3.8) is 0 Å². The van der Waals surface area contributed by atoms with Crippen LogP contribution in [-0.2, 0) is 18.9 Å². The Balaban J connectivity index is 2.06. The smallest absolute Gasteiger partial charge is 0.187 e. The predicted molar refractivity (Wildman–Crippen MR) is 100 cm³/mol. The van der Waals surface area contributed by atoms with Gasteiger partial charge in [-0.2, -0.15) is 0 Å². The minimum atomic E-state index is -1.69. The molecule has 2 heterocycles. The first-order chi connectivity index (χ1) is 14.3. The van der Waals surface area contributed by atoms with Crippen molar-refractivity contribution in [3.8, 4) is 0 Å². The summed E-state index contributed by atoms with van der Waals surface area (Å²) in [5.41, 5.74) is 0. The lowest BCUT2D eigenvalue weighted by Crippen LogP contribution is -2.64. The normalized spacial score (nSPS) is 42.6. The van der Waals surface area contributed by atoms with Crippen molar-refractivity contribution in [1.29, 1.82) is 0 Å². The monoisotopic (exact) mass is 441 g/mol. The van der Waals surface area contributed by atoms with Crippen molar-refractivity contribution in [2.75, 3.05) is 39.5 Å². The summed E-state index contributed by atoms with van der Waals surface area (Å²) in [5, 5.41) is 69.7. The van der Waals surface area contributed by atoms with Gasteiger partial charge in [0, 0.05) is 6.54 Å². The number of rotatable bonds is 10. The van der Waals surface area contributed by atoms with Crippen LogP contribution in [0.3, 0.4) is 0 Å². The highest BCUT2D eigenvalue weighted by Gasteiger charge is 2.50. The first-order valence-corrected chi connectivity index (χ1v) is 10.2. The molecule has 10 atom stereocenters. The summed E-state index contributed by atoms with van der Waals surface area (Å²) in [5.74, 6) is 0. The quantitative estimate of drug-likeness (QED) is 0.175. The molecule has 0 radical (unpaired) electrons. The van der Waals surface area contributed by atoms with E-state index in [0.29, 0.717) is 6.54 Å². The minimum absolute atomic E-state index is 0.195. The van der Waals surface area contributed by atoms with Crippen molar-refractivity contribution in [2.45, 2.75) is 75.3 Å². The van der Waals surface area contributed by atoms with E-state index in [1.165, 1.54) is 0 Å². The minimum Gasteiger partial charge on any atom is -0.394 e. The van der Waals surface area contributed by atoms with Crippen LogP contribution in [0.1, 0.15) is 13.8 Å². The molecule has 178 valence electrons. The summed E-state index contributed by atoms with van der Waals surface area (Å²) in [7, 11) is 0. The Bertz CT molecular complexity index is 495. The average molecular weight is 441 g/mol. The molecule has 0 amide bonds. The first-order valence-electron chi connectivity index (χ1n) is 10.2. The van der Waals surface area contributed by atoms with Gasteiger partial charge >= 0.3 is 0 Å². The third kappa shape index (κ3) is 5.85. The van der Waals surface area contributed by atoms with Crippen LogP contribution in [0.15, 0.2) is 0 Å². The number of hydrogen-bond donors (Lipinski definition) is 7. The second kappa shape index (κ2) is 11.9. The Morgan fingerprint density at radius 3 is 1.97 bits per heavy atom. The second-order valence-corrected chi connectivity index (χ2v) is 7.40. The molecule has 7 N–H and O–H groups in total. The van der Waals surface area contributed by atoms with Gasteiger partial charge in [0.1, 0.15) is 48.8 Å². The van der Waals surface area contributed by atoms with Gasteiger partial charge in [0.15, 0.2) is 12.6 Å². The van der Waals surface area contributed by atoms with E-state index < -0.39 is 74.6 Å². The Morgan fingerprint density at radius 1 is 0.767 bits per heavy atom. The molecule has 2 aliphatic heterocycles. The molecule has 0 spiro atoms. The van der Waals surface area contributed by atoms with Crippen molar-refractivity contribution < 1.29 is 54.7 Å². The fraction of sp³-hybridized carbons (Fsp3) is 1.00. The number of nitrogens with zero attached hydrogens (tertiary/aromatic N) is 1. The largest absolute Gasteiger partial charge is 0.394 e. The van der Waals surface area contributed by atoms with Crippen LogP contribution in [0, 0.1) is 0 Å². The third-order valence-corrected chi connectivity index (χ3v) is 5.57. The average Bonchev–Trinajstić information content (AvgIpc) is 2.74. The zero-order valence-corrected chi connectivity index (χ0v) is 17.2. The van der Waals surface area contributed by atoms with E-state index in [-0.39, 0.29) is 6.61 Å². The lowest BCUT2D eigenvalue weighted by molar-refractivity contribution is -0.358. The highest BCUT2D eigenvalue weighted by atomic mass is 16.7. The van der Waals surface area contributed by atoms with E-state index in [1.807, 2.05) is 13.8 Å². The van der Waals surface area contributed by atoms with Crippen LogP contribution in [0.5, 0.6) is 0 Å². The molecule has 0 aliphatic carbocycles. The SMILES string of the molecule is CCN(CC)CCO[C@@H]1[C@@H](O)[C@H](O[C@H]2O[C@H](CO)[C@@H](O)[C@H](O)[C@H]2O)[C@@H](CO)O[C@@H]1O. The number of aliphatic hydroxyl groups is 7.